The second-order valence-electron chi connectivity index (χ2n) is 8.07. The standard InChI is InChI=1S/C20H28F6O8S2/c1-7-15(32-5)13-9-12(11(3)4)10-14(16(8-2)33-6)17(13)34-36(30,31)20(25,26)18(21,22)19(23,24)35(27,28)29/h9-11,15-16H,7-8H2,1-6H3,(H,27,28,29). The van der Waals surface area contributed by atoms with E-state index in [1.165, 1.54) is 26.4 Å². The Labute approximate surface area is 205 Å². The number of alkyl halides is 6. The maximum atomic E-state index is 14.5. The number of rotatable bonds is 13. The van der Waals surface area contributed by atoms with Crippen molar-refractivity contribution in [1.29, 1.82) is 0 Å². The molecular weight excluding hydrogens is 546 g/mol. The zero-order chi connectivity index (χ0) is 28.5. The molecule has 0 saturated carbocycles. The molecule has 2 atom stereocenters. The van der Waals surface area contributed by atoms with E-state index in [0.717, 1.165) is 0 Å². The third-order valence-corrected chi connectivity index (χ3v) is 7.58. The predicted octanol–water partition coefficient (Wildman–Crippen LogP) is 5.42. The Hall–Kier alpha value is -1.62. The van der Waals surface area contributed by atoms with Crippen molar-refractivity contribution in [3.05, 3.63) is 28.8 Å². The van der Waals surface area contributed by atoms with Gasteiger partial charge in [0.2, 0.25) is 0 Å². The van der Waals surface area contributed by atoms with Gasteiger partial charge in [-0.1, -0.05) is 27.7 Å². The molecule has 8 nitrogen and oxygen atoms in total. The molecule has 0 aliphatic heterocycles. The quantitative estimate of drug-likeness (QED) is 0.189. The molecule has 0 aliphatic rings. The van der Waals surface area contributed by atoms with Crippen LogP contribution in [0.2, 0.25) is 0 Å². The Morgan fingerprint density at radius 3 is 1.50 bits per heavy atom. The Bertz CT molecular complexity index is 1100. The molecule has 0 aromatic heterocycles. The first-order valence-corrected chi connectivity index (χ1v) is 13.3. The van der Waals surface area contributed by atoms with Gasteiger partial charge < -0.3 is 13.7 Å². The van der Waals surface area contributed by atoms with Crippen molar-refractivity contribution in [3.63, 3.8) is 0 Å². The summed E-state index contributed by atoms with van der Waals surface area (Å²) in [7, 11) is -11.8. The van der Waals surface area contributed by atoms with Crippen LogP contribution in [0.25, 0.3) is 0 Å². The minimum Gasteiger partial charge on any atom is -0.377 e. The summed E-state index contributed by atoms with van der Waals surface area (Å²) in [4.78, 5) is 0. The molecule has 0 fully saturated rings. The summed E-state index contributed by atoms with van der Waals surface area (Å²) in [6, 6.07) is 2.64. The molecule has 0 bridgehead atoms. The van der Waals surface area contributed by atoms with Crippen LogP contribution in [0.15, 0.2) is 12.1 Å². The highest BCUT2D eigenvalue weighted by molar-refractivity contribution is 7.88. The molecule has 36 heavy (non-hydrogen) atoms. The van der Waals surface area contributed by atoms with Crippen LogP contribution in [0.3, 0.4) is 0 Å². The first-order chi connectivity index (χ1) is 16.2. The van der Waals surface area contributed by atoms with Crippen LogP contribution in [0, 0.1) is 0 Å². The van der Waals surface area contributed by atoms with E-state index < -0.39 is 54.6 Å². The molecule has 2 unspecified atom stereocenters. The van der Waals surface area contributed by atoms with Crippen molar-refractivity contribution in [1.82, 2.24) is 0 Å². The zero-order valence-electron chi connectivity index (χ0n) is 20.2. The van der Waals surface area contributed by atoms with Crippen LogP contribution in [0.5, 0.6) is 5.75 Å². The van der Waals surface area contributed by atoms with E-state index >= 15 is 0 Å². The molecule has 1 N–H and O–H groups in total. The van der Waals surface area contributed by atoms with E-state index in [4.69, 9.17) is 14.0 Å². The smallest absolute Gasteiger partial charge is 0.377 e. The molecule has 0 aliphatic carbocycles. The third-order valence-electron chi connectivity index (χ3n) is 5.40. The summed E-state index contributed by atoms with van der Waals surface area (Å²) in [6.45, 7) is 6.62. The van der Waals surface area contributed by atoms with Crippen LogP contribution in [0.1, 0.15) is 75.4 Å². The summed E-state index contributed by atoms with van der Waals surface area (Å²) in [5.74, 6) is -8.27. The Balaban J connectivity index is 3.99. The van der Waals surface area contributed by atoms with Crippen molar-refractivity contribution in [2.24, 2.45) is 0 Å². The number of hydrogen-bond acceptors (Lipinski definition) is 7. The van der Waals surface area contributed by atoms with E-state index in [0.29, 0.717) is 5.56 Å². The SMILES string of the molecule is CCC(OC)c1cc(C(C)C)cc(C(CC)OC)c1OS(=O)(=O)C(F)(F)C(F)(F)C(F)(F)S(=O)(=O)O. The van der Waals surface area contributed by atoms with E-state index in [1.54, 1.807) is 27.7 Å². The second-order valence-corrected chi connectivity index (χ2v) is 11.1. The van der Waals surface area contributed by atoms with Crippen molar-refractivity contribution in [2.75, 3.05) is 14.2 Å². The molecule has 0 amide bonds. The Kier molecular flexibility index (Phi) is 9.91. The molecule has 1 aromatic rings. The normalized spacial score (nSPS) is 15.7. The molecular formula is C20H28F6O8S2. The van der Waals surface area contributed by atoms with Gasteiger partial charge >= 0.3 is 36.7 Å². The van der Waals surface area contributed by atoms with Gasteiger partial charge in [-0.3, -0.25) is 4.55 Å². The maximum absolute atomic E-state index is 14.5. The number of hydrogen-bond donors (Lipinski definition) is 1. The van der Waals surface area contributed by atoms with E-state index in [9.17, 15) is 43.2 Å². The van der Waals surface area contributed by atoms with Crippen molar-refractivity contribution < 1.29 is 61.4 Å². The highest BCUT2D eigenvalue weighted by atomic mass is 32.2. The lowest BCUT2D eigenvalue weighted by atomic mass is 9.91. The van der Waals surface area contributed by atoms with Gasteiger partial charge in [-0.2, -0.15) is 43.2 Å². The van der Waals surface area contributed by atoms with E-state index in [1.807, 2.05) is 0 Å². The van der Waals surface area contributed by atoms with Gasteiger partial charge in [0.05, 0.1) is 12.2 Å². The maximum Gasteiger partial charge on any atom is 0.450 e. The molecule has 0 saturated heterocycles. The van der Waals surface area contributed by atoms with Gasteiger partial charge in [0, 0.05) is 25.3 Å². The topological polar surface area (TPSA) is 116 Å². The number of benzene rings is 1. The molecule has 210 valence electrons. The van der Waals surface area contributed by atoms with Gasteiger partial charge in [0.15, 0.2) is 5.75 Å². The fourth-order valence-electron chi connectivity index (χ4n) is 3.28. The highest BCUT2D eigenvalue weighted by Crippen LogP contribution is 2.52. The lowest BCUT2D eigenvalue weighted by molar-refractivity contribution is -0.247. The fraction of sp³-hybridized carbons (Fsp3) is 0.700. The second kappa shape index (κ2) is 11.0. The lowest BCUT2D eigenvalue weighted by Crippen LogP contribution is -2.61. The van der Waals surface area contributed by atoms with Gasteiger partial charge in [0.1, 0.15) is 0 Å². The average Bonchev–Trinajstić information content (AvgIpc) is 2.75. The van der Waals surface area contributed by atoms with Crippen molar-refractivity contribution >= 4 is 20.2 Å². The van der Waals surface area contributed by atoms with E-state index in [2.05, 4.69) is 4.18 Å². The van der Waals surface area contributed by atoms with Gasteiger partial charge in [0.25, 0.3) is 0 Å². The molecule has 0 spiro atoms. The van der Waals surface area contributed by atoms with Crippen LogP contribution < -0.4 is 4.18 Å². The molecule has 0 heterocycles. The number of halogens is 6. The fourth-order valence-corrected chi connectivity index (χ4v) is 4.76. The summed E-state index contributed by atoms with van der Waals surface area (Å²) in [6.07, 6.45) is -1.80. The molecule has 0 radical (unpaired) electrons. The minimum absolute atomic E-state index is 0.116. The molecule has 1 aromatic carbocycles. The Morgan fingerprint density at radius 2 is 1.22 bits per heavy atom. The zero-order valence-corrected chi connectivity index (χ0v) is 21.8. The predicted molar refractivity (Wildman–Crippen MR) is 117 cm³/mol. The summed E-state index contributed by atoms with van der Waals surface area (Å²) in [5, 5.41) is -13.7. The van der Waals surface area contributed by atoms with Gasteiger partial charge in [-0.15, -0.1) is 0 Å². The number of ether oxygens (including phenoxy) is 2. The highest BCUT2D eigenvalue weighted by Gasteiger charge is 2.83. The van der Waals surface area contributed by atoms with Crippen LogP contribution in [0.4, 0.5) is 26.3 Å². The molecule has 1 rings (SSSR count). The van der Waals surface area contributed by atoms with Gasteiger partial charge in [-0.05, 0) is 36.5 Å². The van der Waals surface area contributed by atoms with E-state index in [-0.39, 0.29) is 29.9 Å². The van der Waals surface area contributed by atoms with Crippen molar-refractivity contribution in [2.45, 2.75) is 75.1 Å². The van der Waals surface area contributed by atoms with Gasteiger partial charge in [-0.25, -0.2) is 0 Å². The monoisotopic (exact) mass is 574 g/mol. The summed E-state index contributed by atoms with van der Waals surface area (Å²) >= 11 is 0. The summed E-state index contributed by atoms with van der Waals surface area (Å²) < 4.78 is 154. The molecule has 16 heteroatoms. The largest absolute Gasteiger partial charge is 0.450 e. The number of methoxy groups -OCH3 is 2. The lowest BCUT2D eigenvalue weighted by Gasteiger charge is -2.31. The van der Waals surface area contributed by atoms with Crippen LogP contribution in [-0.2, 0) is 29.7 Å². The first kappa shape index (κ1) is 32.4. The first-order valence-electron chi connectivity index (χ1n) is 10.5. The average molecular weight is 575 g/mol. The minimum atomic E-state index is -7.17. The van der Waals surface area contributed by atoms with Crippen LogP contribution in [-0.4, -0.2) is 52.0 Å². The van der Waals surface area contributed by atoms with Crippen molar-refractivity contribution in [3.8, 4) is 5.75 Å². The summed E-state index contributed by atoms with van der Waals surface area (Å²) in [5.41, 5.74) is 0.174. The third kappa shape index (κ3) is 5.61. The Morgan fingerprint density at radius 1 is 0.833 bits per heavy atom. The van der Waals surface area contributed by atoms with Crippen LogP contribution >= 0.6 is 0 Å².